The first-order valence-corrected chi connectivity index (χ1v) is 7.00. The first kappa shape index (κ1) is 13.7. The molecule has 1 aromatic heterocycles. The zero-order valence-corrected chi connectivity index (χ0v) is 12.2. The lowest BCUT2D eigenvalue weighted by molar-refractivity contribution is -0.146. The molecular formula is C16H18N2O3. The van der Waals surface area contributed by atoms with Gasteiger partial charge in [0.2, 0.25) is 0 Å². The molecule has 0 aliphatic carbocycles. The van der Waals surface area contributed by atoms with Crippen LogP contribution in [0.5, 0.6) is 5.75 Å². The van der Waals surface area contributed by atoms with Crippen LogP contribution >= 0.6 is 0 Å². The molecule has 2 heterocycles. The van der Waals surface area contributed by atoms with E-state index in [1.165, 1.54) is 7.11 Å². The molecule has 0 saturated heterocycles. The van der Waals surface area contributed by atoms with Crippen LogP contribution in [-0.2, 0) is 22.5 Å². The molecule has 21 heavy (non-hydrogen) atoms. The molecule has 0 saturated carbocycles. The van der Waals surface area contributed by atoms with Gasteiger partial charge in [0.05, 0.1) is 25.7 Å². The quantitative estimate of drug-likeness (QED) is 0.812. The molecule has 1 unspecified atom stereocenters. The zero-order valence-electron chi connectivity index (χ0n) is 12.2. The van der Waals surface area contributed by atoms with Gasteiger partial charge in [0, 0.05) is 24.9 Å². The van der Waals surface area contributed by atoms with Gasteiger partial charge < -0.3 is 14.0 Å². The van der Waals surface area contributed by atoms with Crippen LogP contribution < -0.4 is 4.74 Å². The highest BCUT2D eigenvalue weighted by Gasteiger charge is 2.28. The maximum absolute atomic E-state index is 11.7. The van der Waals surface area contributed by atoms with Crippen LogP contribution in [-0.4, -0.2) is 29.7 Å². The highest BCUT2D eigenvalue weighted by atomic mass is 16.5. The van der Waals surface area contributed by atoms with Gasteiger partial charge in [-0.05, 0) is 18.6 Å². The SMILES string of the molecule is COC(=O)C1CCn2c(cnc2-c2ccccc2OC)C1. The highest BCUT2D eigenvalue weighted by Crippen LogP contribution is 2.32. The van der Waals surface area contributed by atoms with E-state index in [2.05, 4.69) is 9.55 Å². The number of hydrogen-bond donors (Lipinski definition) is 0. The first-order valence-electron chi connectivity index (χ1n) is 7.00. The third kappa shape index (κ3) is 2.39. The molecule has 0 radical (unpaired) electrons. The molecule has 1 aliphatic heterocycles. The van der Waals surface area contributed by atoms with Crippen molar-refractivity contribution in [1.29, 1.82) is 0 Å². The Labute approximate surface area is 123 Å². The fourth-order valence-electron chi connectivity index (χ4n) is 2.88. The van der Waals surface area contributed by atoms with Crippen molar-refractivity contribution < 1.29 is 14.3 Å². The second-order valence-corrected chi connectivity index (χ2v) is 5.14. The molecule has 2 aromatic rings. The van der Waals surface area contributed by atoms with Gasteiger partial charge in [-0.15, -0.1) is 0 Å². The van der Waals surface area contributed by atoms with Crippen molar-refractivity contribution in [2.45, 2.75) is 19.4 Å². The van der Waals surface area contributed by atoms with Crippen LogP contribution in [0.2, 0.25) is 0 Å². The fraction of sp³-hybridized carbons (Fsp3) is 0.375. The minimum atomic E-state index is -0.138. The number of imidazole rings is 1. The van der Waals surface area contributed by atoms with Gasteiger partial charge in [0.15, 0.2) is 0 Å². The number of aromatic nitrogens is 2. The number of rotatable bonds is 3. The number of carbonyl (C=O) groups is 1. The summed E-state index contributed by atoms with van der Waals surface area (Å²) >= 11 is 0. The molecule has 1 aromatic carbocycles. The van der Waals surface area contributed by atoms with E-state index in [1.54, 1.807) is 7.11 Å². The van der Waals surface area contributed by atoms with Gasteiger partial charge in [0.25, 0.3) is 0 Å². The Balaban J connectivity index is 1.95. The predicted molar refractivity (Wildman–Crippen MR) is 78.0 cm³/mol. The molecule has 1 atom stereocenters. The molecule has 5 heteroatoms. The molecule has 3 rings (SSSR count). The number of methoxy groups -OCH3 is 2. The highest BCUT2D eigenvalue weighted by molar-refractivity contribution is 5.73. The number of fused-ring (bicyclic) bond motifs is 1. The van der Waals surface area contributed by atoms with Crippen LogP contribution in [0.25, 0.3) is 11.4 Å². The molecule has 0 amide bonds. The van der Waals surface area contributed by atoms with E-state index >= 15 is 0 Å². The third-order valence-electron chi connectivity index (χ3n) is 3.98. The Morgan fingerprint density at radius 3 is 2.90 bits per heavy atom. The van der Waals surface area contributed by atoms with E-state index in [0.717, 1.165) is 35.8 Å². The average molecular weight is 286 g/mol. The lowest BCUT2D eigenvalue weighted by Crippen LogP contribution is -2.26. The number of para-hydroxylation sites is 1. The maximum Gasteiger partial charge on any atom is 0.309 e. The fourth-order valence-corrected chi connectivity index (χ4v) is 2.88. The first-order chi connectivity index (χ1) is 10.2. The molecule has 0 spiro atoms. The minimum absolute atomic E-state index is 0.0651. The molecule has 110 valence electrons. The zero-order chi connectivity index (χ0) is 14.8. The van der Waals surface area contributed by atoms with Crippen LogP contribution in [0.1, 0.15) is 12.1 Å². The van der Waals surface area contributed by atoms with E-state index in [1.807, 2.05) is 30.5 Å². The lowest BCUT2D eigenvalue weighted by atomic mass is 9.96. The summed E-state index contributed by atoms with van der Waals surface area (Å²) in [6, 6.07) is 7.84. The molecule has 0 N–H and O–H groups in total. The summed E-state index contributed by atoms with van der Waals surface area (Å²) in [6.07, 6.45) is 3.30. The normalized spacial score (nSPS) is 17.1. The van der Waals surface area contributed by atoms with Crippen LogP contribution in [0, 0.1) is 5.92 Å². The lowest BCUT2D eigenvalue weighted by Gasteiger charge is -2.23. The van der Waals surface area contributed by atoms with E-state index in [4.69, 9.17) is 9.47 Å². The Hall–Kier alpha value is -2.30. The van der Waals surface area contributed by atoms with Gasteiger partial charge in [-0.2, -0.15) is 0 Å². The molecule has 5 nitrogen and oxygen atoms in total. The average Bonchev–Trinajstić information content (AvgIpc) is 2.96. The Morgan fingerprint density at radius 1 is 1.33 bits per heavy atom. The van der Waals surface area contributed by atoms with Crippen molar-refractivity contribution >= 4 is 5.97 Å². The third-order valence-corrected chi connectivity index (χ3v) is 3.98. The summed E-state index contributed by atoms with van der Waals surface area (Å²) in [4.78, 5) is 16.2. The number of nitrogens with zero attached hydrogens (tertiary/aromatic N) is 2. The van der Waals surface area contributed by atoms with Crippen molar-refractivity contribution in [3.8, 4) is 17.1 Å². The van der Waals surface area contributed by atoms with Gasteiger partial charge >= 0.3 is 5.97 Å². The number of ether oxygens (including phenoxy) is 2. The van der Waals surface area contributed by atoms with E-state index in [9.17, 15) is 4.79 Å². The van der Waals surface area contributed by atoms with Crippen molar-refractivity contribution in [2.75, 3.05) is 14.2 Å². The standard InChI is InChI=1S/C16H18N2O3/c1-20-14-6-4-3-5-13(14)15-17-10-12-9-11(16(19)21-2)7-8-18(12)15/h3-6,10-11H,7-9H2,1-2H3. The number of esters is 1. The number of hydrogen-bond acceptors (Lipinski definition) is 4. The van der Waals surface area contributed by atoms with Crippen molar-refractivity contribution in [1.82, 2.24) is 9.55 Å². The van der Waals surface area contributed by atoms with Crippen molar-refractivity contribution in [2.24, 2.45) is 5.92 Å². The van der Waals surface area contributed by atoms with Crippen LogP contribution in [0.15, 0.2) is 30.5 Å². The summed E-state index contributed by atoms with van der Waals surface area (Å²) in [5, 5.41) is 0. The number of carbonyl (C=O) groups excluding carboxylic acids is 1. The van der Waals surface area contributed by atoms with Gasteiger partial charge in [-0.3, -0.25) is 4.79 Å². The number of benzene rings is 1. The summed E-state index contributed by atoms with van der Waals surface area (Å²) < 4.78 is 12.4. The summed E-state index contributed by atoms with van der Waals surface area (Å²) in [5.74, 6) is 1.50. The predicted octanol–water partition coefficient (Wildman–Crippen LogP) is 2.29. The van der Waals surface area contributed by atoms with Gasteiger partial charge in [-0.25, -0.2) is 4.98 Å². The van der Waals surface area contributed by atoms with Gasteiger partial charge in [0.1, 0.15) is 11.6 Å². The molecule has 1 aliphatic rings. The van der Waals surface area contributed by atoms with Crippen LogP contribution in [0.3, 0.4) is 0 Å². The van der Waals surface area contributed by atoms with Crippen molar-refractivity contribution in [3.63, 3.8) is 0 Å². The summed E-state index contributed by atoms with van der Waals surface area (Å²) in [7, 11) is 3.10. The summed E-state index contributed by atoms with van der Waals surface area (Å²) in [6.45, 7) is 0.766. The monoisotopic (exact) mass is 286 g/mol. The van der Waals surface area contributed by atoms with E-state index in [0.29, 0.717) is 6.42 Å². The van der Waals surface area contributed by atoms with Gasteiger partial charge in [-0.1, -0.05) is 12.1 Å². The Kier molecular flexibility index (Phi) is 3.64. The second kappa shape index (κ2) is 5.60. The Bertz CT molecular complexity index is 663. The summed E-state index contributed by atoms with van der Waals surface area (Å²) in [5.41, 5.74) is 2.04. The van der Waals surface area contributed by atoms with Crippen molar-refractivity contribution in [3.05, 3.63) is 36.2 Å². The van der Waals surface area contributed by atoms with E-state index in [-0.39, 0.29) is 11.9 Å². The molecule has 0 bridgehead atoms. The smallest absolute Gasteiger partial charge is 0.309 e. The van der Waals surface area contributed by atoms with E-state index < -0.39 is 0 Å². The molecule has 0 fully saturated rings. The topological polar surface area (TPSA) is 53.4 Å². The molecular weight excluding hydrogens is 268 g/mol. The largest absolute Gasteiger partial charge is 0.496 e. The van der Waals surface area contributed by atoms with Crippen LogP contribution in [0.4, 0.5) is 0 Å². The Morgan fingerprint density at radius 2 is 2.14 bits per heavy atom. The second-order valence-electron chi connectivity index (χ2n) is 5.14. The maximum atomic E-state index is 11.7. The minimum Gasteiger partial charge on any atom is -0.496 e.